The number of nitrogens with one attached hydrogen (secondary N) is 2. The fourth-order valence-electron chi connectivity index (χ4n) is 1.94. The van der Waals surface area contributed by atoms with Crippen molar-refractivity contribution in [1.29, 1.82) is 5.26 Å². The number of nitrogens with zero attached hydrogens (tertiary/aromatic N) is 2. The topological polar surface area (TPSA) is 98.0 Å². The summed E-state index contributed by atoms with van der Waals surface area (Å²) in [5.74, 6) is 0.520. The maximum atomic E-state index is 10.7. The summed E-state index contributed by atoms with van der Waals surface area (Å²) in [6, 6.07) is 5.63. The van der Waals surface area contributed by atoms with Crippen molar-refractivity contribution in [3.8, 4) is 6.07 Å². The Balaban J connectivity index is 2.08. The van der Waals surface area contributed by atoms with Crippen molar-refractivity contribution in [2.75, 3.05) is 17.2 Å². The van der Waals surface area contributed by atoms with Crippen LogP contribution in [0, 0.1) is 23.7 Å². The van der Waals surface area contributed by atoms with E-state index in [0.717, 1.165) is 18.5 Å². The minimum Gasteiger partial charge on any atom is -0.465 e. The number of carboxylic acid groups (broad SMARTS) is 1. The number of hydrogen-bond acceptors (Lipinski definition) is 4. The van der Waals surface area contributed by atoms with Gasteiger partial charge in [0.2, 0.25) is 0 Å². The van der Waals surface area contributed by atoms with E-state index in [1.807, 2.05) is 6.92 Å². The lowest BCUT2D eigenvalue weighted by Gasteiger charge is -2.15. The van der Waals surface area contributed by atoms with E-state index in [1.165, 1.54) is 0 Å². The van der Waals surface area contributed by atoms with E-state index < -0.39 is 6.09 Å². The summed E-state index contributed by atoms with van der Waals surface area (Å²) < 4.78 is 0. The van der Waals surface area contributed by atoms with Gasteiger partial charge in [0.15, 0.2) is 0 Å². The first-order valence-corrected chi connectivity index (χ1v) is 6.13. The van der Waals surface area contributed by atoms with Crippen LogP contribution < -0.4 is 10.6 Å². The number of aromatic nitrogens is 1. The zero-order chi connectivity index (χ0) is 13.9. The molecule has 0 unspecified atom stereocenters. The van der Waals surface area contributed by atoms with Crippen molar-refractivity contribution >= 4 is 17.6 Å². The smallest absolute Gasteiger partial charge is 0.409 e. The summed E-state index contributed by atoms with van der Waals surface area (Å²) in [7, 11) is 0. The minimum absolute atomic E-state index is 0.0423. The molecule has 1 aromatic rings. The Morgan fingerprint density at radius 2 is 2.32 bits per heavy atom. The number of aryl methyl sites for hydroxylation is 1. The Kier molecular flexibility index (Phi) is 3.56. The lowest BCUT2D eigenvalue weighted by molar-refractivity contribution is 0.210. The molecular weight excluding hydrogens is 244 g/mol. The molecule has 3 N–H and O–H groups in total. The summed E-state index contributed by atoms with van der Waals surface area (Å²) in [6.45, 7) is 2.49. The highest BCUT2D eigenvalue weighted by molar-refractivity contribution is 5.87. The molecule has 1 fully saturated rings. The van der Waals surface area contributed by atoms with Gasteiger partial charge in [-0.1, -0.05) is 0 Å². The zero-order valence-electron chi connectivity index (χ0n) is 10.7. The summed E-state index contributed by atoms with van der Waals surface area (Å²) >= 11 is 0. The van der Waals surface area contributed by atoms with E-state index in [4.69, 9.17) is 10.4 Å². The van der Waals surface area contributed by atoms with E-state index in [-0.39, 0.29) is 5.41 Å². The molecule has 0 radical (unpaired) electrons. The lowest BCUT2D eigenvalue weighted by atomic mass is 10.0. The fourth-order valence-corrected chi connectivity index (χ4v) is 1.94. The van der Waals surface area contributed by atoms with Gasteiger partial charge in [0.05, 0.1) is 11.8 Å². The summed E-state index contributed by atoms with van der Waals surface area (Å²) in [5.41, 5.74) is 1.29. The third-order valence-corrected chi connectivity index (χ3v) is 3.32. The van der Waals surface area contributed by atoms with Crippen molar-refractivity contribution in [1.82, 2.24) is 4.98 Å². The summed E-state index contributed by atoms with van der Waals surface area (Å²) in [5, 5.41) is 23.0. The van der Waals surface area contributed by atoms with Gasteiger partial charge in [0.25, 0.3) is 0 Å². The van der Waals surface area contributed by atoms with Gasteiger partial charge in [0, 0.05) is 24.1 Å². The number of anilines is 2. The molecule has 19 heavy (non-hydrogen) atoms. The molecule has 0 aliphatic heterocycles. The number of carbonyl (C=O) groups is 1. The Morgan fingerprint density at radius 1 is 1.58 bits per heavy atom. The quantitative estimate of drug-likeness (QED) is 0.755. The molecule has 6 heteroatoms. The molecule has 1 aliphatic carbocycles. The molecule has 0 atom stereocenters. The molecule has 1 aromatic heterocycles. The molecule has 0 bridgehead atoms. The van der Waals surface area contributed by atoms with Crippen LogP contribution in [0.15, 0.2) is 12.1 Å². The van der Waals surface area contributed by atoms with Crippen LogP contribution in [0.2, 0.25) is 0 Å². The number of nitriles is 1. The average molecular weight is 260 g/mol. The molecule has 2 rings (SSSR count). The van der Waals surface area contributed by atoms with Crippen molar-refractivity contribution in [3.63, 3.8) is 0 Å². The standard InChI is InChI=1S/C13H16N4O2/c1-9-2-3-10(17-12(18)19)11(16-9)15-8-13(4-5-13)6-7-14/h2-3,17H,4-6,8H2,1H3,(H,15,16)(H,18,19). The van der Waals surface area contributed by atoms with Gasteiger partial charge in [-0.3, -0.25) is 5.32 Å². The van der Waals surface area contributed by atoms with Crippen LogP contribution in [0.3, 0.4) is 0 Å². The van der Waals surface area contributed by atoms with E-state index in [0.29, 0.717) is 24.5 Å². The SMILES string of the molecule is Cc1ccc(NC(=O)O)c(NCC2(CC#N)CC2)n1. The van der Waals surface area contributed by atoms with Crippen LogP contribution in [0.25, 0.3) is 0 Å². The van der Waals surface area contributed by atoms with Crippen molar-refractivity contribution in [3.05, 3.63) is 17.8 Å². The number of hydrogen-bond donors (Lipinski definition) is 3. The molecule has 0 aromatic carbocycles. The van der Waals surface area contributed by atoms with Gasteiger partial charge in [0.1, 0.15) is 5.82 Å². The van der Waals surface area contributed by atoms with Crippen LogP contribution in [0.5, 0.6) is 0 Å². The maximum Gasteiger partial charge on any atom is 0.409 e. The van der Waals surface area contributed by atoms with Crippen molar-refractivity contribution in [2.45, 2.75) is 26.2 Å². The van der Waals surface area contributed by atoms with Crippen LogP contribution in [0.4, 0.5) is 16.3 Å². The Bertz CT molecular complexity index is 532. The van der Waals surface area contributed by atoms with Gasteiger partial charge in [-0.25, -0.2) is 9.78 Å². The Labute approximate surface area is 111 Å². The van der Waals surface area contributed by atoms with Gasteiger partial charge in [-0.2, -0.15) is 5.26 Å². The molecule has 0 saturated heterocycles. The van der Waals surface area contributed by atoms with Crippen LogP contribution in [0.1, 0.15) is 25.0 Å². The predicted octanol–water partition coefficient (Wildman–Crippen LogP) is 2.59. The lowest BCUT2D eigenvalue weighted by Crippen LogP contribution is -2.18. The third-order valence-electron chi connectivity index (χ3n) is 3.32. The Morgan fingerprint density at radius 3 is 2.89 bits per heavy atom. The van der Waals surface area contributed by atoms with Crippen LogP contribution in [-0.4, -0.2) is 22.7 Å². The second kappa shape index (κ2) is 5.14. The first kappa shape index (κ1) is 13.1. The molecule has 100 valence electrons. The third kappa shape index (κ3) is 3.35. The average Bonchev–Trinajstić information content (AvgIpc) is 3.10. The van der Waals surface area contributed by atoms with Crippen LogP contribution >= 0.6 is 0 Å². The van der Waals surface area contributed by atoms with E-state index in [1.54, 1.807) is 12.1 Å². The second-order valence-corrected chi connectivity index (χ2v) is 4.97. The van der Waals surface area contributed by atoms with Gasteiger partial charge in [-0.15, -0.1) is 0 Å². The molecule has 0 spiro atoms. The Hall–Kier alpha value is -2.29. The minimum atomic E-state index is -1.12. The van der Waals surface area contributed by atoms with Crippen molar-refractivity contribution < 1.29 is 9.90 Å². The maximum absolute atomic E-state index is 10.7. The molecule has 1 saturated carbocycles. The highest BCUT2D eigenvalue weighted by Crippen LogP contribution is 2.48. The van der Waals surface area contributed by atoms with Gasteiger partial charge < -0.3 is 10.4 Å². The summed E-state index contributed by atoms with van der Waals surface area (Å²) in [4.78, 5) is 15.0. The molecule has 1 amide bonds. The monoisotopic (exact) mass is 260 g/mol. The highest BCUT2D eigenvalue weighted by Gasteiger charge is 2.42. The normalized spacial score (nSPS) is 15.4. The van der Waals surface area contributed by atoms with E-state index in [9.17, 15) is 4.79 Å². The first-order chi connectivity index (χ1) is 9.04. The predicted molar refractivity (Wildman–Crippen MR) is 71.0 cm³/mol. The van der Waals surface area contributed by atoms with Gasteiger partial charge in [-0.05, 0) is 31.9 Å². The highest BCUT2D eigenvalue weighted by atomic mass is 16.4. The van der Waals surface area contributed by atoms with Gasteiger partial charge >= 0.3 is 6.09 Å². The second-order valence-electron chi connectivity index (χ2n) is 4.97. The molecule has 1 heterocycles. The fraction of sp³-hybridized carbons (Fsp3) is 0.462. The summed E-state index contributed by atoms with van der Waals surface area (Å²) in [6.07, 6.45) is 1.46. The largest absolute Gasteiger partial charge is 0.465 e. The molecule has 1 aliphatic rings. The number of rotatable bonds is 5. The first-order valence-electron chi connectivity index (χ1n) is 6.13. The van der Waals surface area contributed by atoms with Crippen LogP contribution in [-0.2, 0) is 0 Å². The number of pyridine rings is 1. The molecular formula is C13H16N4O2. The van der Waals surface area contributed by atoms with E-state index in [2.05, 4.69) is 21.7 Å². The molecule has 6 nitrogen and oxygen atoms in total. The number of amides is 1. The van der Waals surface area contributed by atoms with E-state index >= 15 is 0 Å². The zero-order valence-corrected chi connectivity index (χ0v) is 10.7. The van der Waals surface area contributed by atoms with Crippen molar-refractivity contribution in [2.24, 2.45) is 5.41 Å².